The number of hydrogen-bond acceptors (Lipinski definition) is 3. The van der Waals surface area contributed by atoms with Crippen molar-refractivity contribution in [2.75, 3.05) is 26.0 Å². The average Bonchev–Trinajstić information content (AvgIpc) is 2.64. The van der Waals surface area contributed by atoms with Gasteiger partial charge in [0.05, 0.1) is 17.3 Å². The highest BCUT2D eigenvalue weighted by molar-refractivity contribution is 5.95. The maximum atomic E-state index is 12.4. The van der Waals surface area contributed by atoms with Gasteiger partial charge < -0.3 is 10.2 Å². The van der Waals surface area contributed by atoms with Crippen LogP contribution in [0.1, 0.15) is 27.0 Å². The lowest BCUT2D eigenvalue weighted by atomic mass is 10.1. The molecule has 0 spiro atoms. The standard InChI is InChI=1S/C20H22N4O2/c1-14-6-5-7-16(10-14)19(25)22-13-17-9-8-15(12-21)11-18(17)24(4)20(26)23(2)3/h5-11H,13H2,1-4H3,(H,22,25). The minimum Gasteiger partial charge on any atom is -0.348 e. The quantitative estimate of drug-likeness (QED) is 0.921. The molecule has 3 amide bonds. The molecular weight excluding hydrogens is 328 g/mol. The summed E-state index contributed by atoms with van der Waals surface area (Å²) < 4.78 is 0. The number of nitrogens with one attached hydrogen (secondary N) is 1. The van der Waals surface area contributed by atoms with Crippen molar-refractivity contribution >= 4 is 17.6 Å². The summed E-state index contributed by atoms with van der Waals surface area (Å²) in [6.07, 6.45) is 0. The van der Waals surface area contributed by atoms with Gasteiger partial charge in [-0.25, -0.2) is 4.79 Å². The maximum Gasteiger partial charge on any atom is 0.323 e. The Balaban J connectivity index is 2.24. The lowest BCUT2D eigenvalue weighted by molar-refractivity contribution is 0.0951. The van der Waals surface area contributed by atoms with Crippen LogP contribution in [0.15, 0.2) is 42.5 Å². The number of nitriles is 1. The number of rotatable bonds is 4. The molecule has 6 nitrogen and oxygen atoms in total. The molecule has 2 aromatic rings. The predicted octanol–water partition coefficient (Wildman–Crippen LogP) is 2.91. The molecule has 6 heteroatoms. The highest BCUT2D eigenvalue weighted by Gasteiger charge is 2.17. The van der Waals surface area contributed by atoms with Gasteiger partial charge in [-0.1, -0.05) is 23.8 Å². The summed E-state index contributed by atoms with van der Waals surface area (Å²) in [5, 5.41) is 12.0. The molecule has 0 atom stereocenters. The third-order valence-corrected chi connectivity index (χ3v) is 3.96. The second kappa shape index (κ2) is 8.17. The van der Waals surface area contributed by atoms with E-state index in [1.54, 1.807) is 45.4 Å². The van der Waals surface area contributed by atoms with Gasteiger partial charge in [-0.05, 0) is 36.8 Å². The third-order valence-electron chi connectivity index (χ3n) is 3.96. The van der Waals surface area contributed by atoms with Crippen molar-refractivity contribution in [2.45, 2.75) is 13.5 Å². The lowest BCUT2D eigenvalue weighted by Gasteiger charge is -2.24. The zero-order chi connectivity index (χ0) is 19.3. The number of aryl methyl sites for hydroxylation is 1. The molecular formula is C20H22N4O2. The van der Waals surface area contributed by atoms with Crippen LogP contribution in [0.5, 0.6) is 0 Å². The van der Waals surface area contributed by atoms with Crippen molar-refractivity contribution in [1.29, 1.82) is 5.26 Å². The number of amides is 3. The molecule has 0 fully saturated rings. The van der Waals surface area contributed by atoms with Crippen molar-refractivity contribution in [3.8, 4) is 6.07 Å². The summed E-state index contributed by atoms with van der Waals surface area (Å²) in [4.78, 5) is 27.6. The summed E-state index contributed by atoms with van der Waals surface area (Å²) >= 11 is 0. The lowest BCUT2D eigenvalue weighted by Crippen LogP contribution is -2.37. The first-order valence-corrected chi connectivity index (χ1v) is 8.16. The monoisotopic (exact) mass is 350 g/mol. The van der Waals surface area contributed by atoms with Crippen LogP contribution in [-0.4, -0.2) is 38.0 Å². The second-order valence-electron chi connectivity index (χ2n) is 6.24. The third kappa shape index (κ3) is 4.39. The van der Waals surface area contributed by atoms with E-state index in [-0.39, 0.29) is 18.5 Å². The summed E-state index contributed by atoms with van der Waals surface area (Å²) in [5.41, 5.74) is 3.38. The van der Waals surface area contributed by atoms with E-state index in [0.29, 0.717) is 16.8 Å². The molecule has 0 radical (unpaired) electrons. The Kier molecular flexibility index (Phi) is 5.97. The smallest absolute Gasteiger partial charge is 0.323 e. The number of urea groups is 1. The molecule has 0 aromatic heterocycles. The van der Waals surface area contributed by atoms with Crippen molar-refractivity contribution in [3.63, 3.8) is 0 Å². The topological polar surface area (TPSA) is 76.4 Å². The largest absolute Gasteiger partial charge is 0.348 e. The molecule has 2 aromatic carbocycles. The van der Waals surface area contributed by atoms with Gasteiger partial charge in [-0.2, -0.15) is 5.26 Å². The first-order valence-electron chi connectivity index (χ1n) is 8.16. The van der Waals surface area contributed by atoms with Gasteiger partial charge in [0.15, 0.2) is 0 Å². The Bertz CT molecular complexity index is 868. The Labute approximate surface area is 153 Å². The molecule has 0 saturated heterocycles. The minimum atomic E-state index is -0.216. The van der Waals surface area contributed by atoms with Gasteiger partial charge in [0, 0.05) is 33.3 Å². The first kappa shape index (κ1) is 19.0. The summed E-state index contributed by atoms with van der Waals surface area (Å²) in [5.74, 6) is -0.189. The Hall–Kier alpha value is -3.33. The van der Waals surface area contributed by atoms with Crippen LogP contribution < -0.4 is 10.2 Å². The molecule has 0 aliphatic rings. The summed E-state index contributed by atoms with van der Waals surface area (Å²) in [6, 6.07) is 14.3. The molecule has 0 bridgehead atoms. The van der Waals surface area contributed by atoms with Gasteiger partial charge >= 0.3 is 6.03 Å². The number of benzene rings is 2. The van der Waals surface area contributed by atoms with Crippen LogP contribution in [0.2, 0.25) is 0 Å². The number of carbonyl (C=O) groups is 2. The van der Waals surface area contributed by atoms with Crippen molar-refractivity contribution in [1.82, 2.24) is 10.2 Å². The molecule has 0 heterocycles. The van der Waals surface area contributed by atoms with Crippen molar-refractivity contribution in [2.24, 2.45) is 0 Å². The number of carbonyl (C=O) groups excluding carboxylic acids is 2. The van der Waals surface area contributed by atoms with Crippen LogP contribution in [0.4, 0.5) is 10.5 Å². The molecule has 0 aliphatic heterocycles. The molecule has 2 rings (SSSR count). The second-order valence-corrected chi connectivity index (χ2v) is 6.24. The van der Waals surface area contributed by atoms with Crippen molar-refractivity contribution < 1.29 is 9.59 Å². The van der Waals surface area contributed by atoms with E-state index in [1.165, 1.54) is 9.80 Å². The molecule has 0 saturated carbocycles. The van der Waals surface area contributed by atoms with E-state index in [2.05, 4.69) is 11.4 Å². The van der Waals surface area contributed by atoms with Gasteiger partial charge in [-0.3, -0.25) is 9.69 Å². The Morgan fingerprint density at radius 1 is 1.12 bits per heavy atom. The van der Waals surface area contributed by atoms with Crippen LogP contribution >= 0.6 is 0 Å². The van der Waals surface area contributed by atoms with E-state index in [1.807, 2.05) is 25.1 Å². The van der Waals surface area contributed by atoms with Gasteiger partial charge in [-0.15, -0.1) is 0 Å². The fourth-order valence-electron chi connectivity index (χ4n) is 2.56. The molecule has 1 N–H and O–H groups in total. The number of nitrogens with zero attached hydrogens (tertiary/aromatic N) is 3. The summed E-state index contributed by atoms with van der Waals surface area (Å²) in [6.45, 7) is 2.18. The SMILES string of the molecule is Cc1cccc(C(=O)NCc2ccc(C#N)cc2N(C)C(=O)N(C)C)c1. The van der Waals surface area contributed by atoms with Crippen molar-refractivity contribution in [3.05, 3.63) is 64.7 Å². The normalized spacial score (nSPS) is 9.96. The van der Waals surface area contributed by atoms with E-state index in [0.717, 1.165) is 11.1 Å². The van der Waals surface area contributed by atoms with E-state index in [9.17, 15) is 9.59 Å². The van der Waals surface area contributed by atoms with Gasteiger partial charge in [0.1, 0.15) is 0 Å². The molecule has 0 unspecified atom stereocenters. The zero-order valence-electron chi connectivity index (χ0n) is 15.4. The first-order chi connectivity index (χ1) is 12.3. The van der Waals surface area contributed by atoms with Crippen LogP contribution in [0.25, 0.3) is 0 Å². The van der Waals surface area contributed by atoms with E-state index >= 15 is 0 Å². The van der Waals surface area contributed by atoms with Crippen LogP contribution in [0.3, 0.4) is 0 Å². The minimum absolute atomic E-state index is 0.189. The van der Waals surface area contributed by atoms with E-state index in [4.69, 9.17) is 5.26 Å². The highest BCUT2D eigenvalue weighted by atomic mass is 16.2. The fraction of sp³-hybridized carbons (Fsp3) is 0.250. The predicted molar refractivity (Wildman–Crippen MR) is 101 cm³/mol. The maximum absolute atomic E-state index is 12.4. The number of anilines is 1. The average molecular weight is 350 g/mol. The molecule has 26 heavy (non-hydrogen) atoms. The zero-order valence-corrected chi connectivity index (χ0v) is 15.4. The Morgan fingerprint density at radius 2 is 1.85 bits per heavy atom. The van der Waals surface area contributed by atoms with Gasteiger partial charge in [0.2, 0.25) is 0 Å². The molecule has 134 valence electrons. The molecule has 0 aliphatic carbocycles. The fourth-order valence-corrected chi connectivity index (χ4v) is 2.56. The van der Waals surface area contributed by atoms with E-state index < -0.39 is 0 Å². The van der Waals surface area contributed by atoms with Crippen LogP contribution in [0, 0.1) is 18.3 Å². The summed E-state index contributed by atoms with van der Waals surface area (Å²) in [7, 11) is 4.96. The number of hydrogen-bond donors (Lipinski definition) is 1. The Morgan fingerprint density at radius 3 is 2.46 bits per heavy atom. The van der Waals surface area contributed by atoms with Crippen LogP contribution in [-0.2, 0) is 6.54 Å². The highest BCUT2D eigenvalue weighted by Crippen LogP contribution is 2.22. The van der Waals surface area contributed by atoms with Gasteiger partial charge in [0.25, 0.3) is 5.91 Å².